The topological polar surface area (TPSA) is 121 Å². The normalized spacial score (nSPS) is 11.5. The largest absolute Gasteiger partial charge is 0.383 e. The molecule has 0 spiro atoms. The van der Waals surface area contributed by atoms with E-state index in [4.69, 9.17) is 10.5 Å². The highest BCUT2D eigenvalue weighted by molar-refractivity contribution is 5.77. The van der Waals surface area contributed by atoms with Gasteiger partial charge in [-0.3, -0.25) is 19.8 Å². The van der Waals surface area contributed by atoms with Crippen molar-refractivity contribution < 1.29 is 9.66 Å². The zero-order valence-corrected chi connectivity index (χ0v) is 10.1. The van der Waals surface area contributed by atoms with Crippen molar-refractivity contribution in [3.05, 3.63) is 22.5 Å². The second-order valence-corrected chi connectivity index (χ2v) is 3.41. The lowest BCUT2D eigenvalue weighted by Gasteiger charge is -2.05. The zero-order chi connectivity index (χ0) is 13.4. The van der Waals surface area contributed by atoms with E-state index < -0.39 is 4.92 Å². The quantitative estimate of drug-likeness (QED) is 0.220. The zero-order valence-electron chi connectivity index (χ0n) is 10.1. The molecule has 3 N–H and O–H groups in total. The maximum Gasteiger partial charge on any atom is 0.306 e. The number of ether oxygens (including phenoxy) is 1. The maximum absolute atomic E-state index is 10.4. The number of hydrogen-bond acceptors (Lipinski definition) is 5. The lowest BCUT2D eigenvalue weighted by molar-refractivity contribution is -0.385. The molecule has 0 amide bonds. The number of hydrogen-bond donors (Lipinski definition) is 2. The molecule has 1 rings (SSSR count). The average molecular weight is 256 g/mol. The third-order valence-electron chi connectivity index (χ3n) is 2.06. The molecule has 0 fully saturated rings. The second-order valence-electron chi connectivity index (χ2n) is 3.41. The standard InChI is InChI=1S/C9H16N6O3/c1-18-5-3-12-9(10)11-2-4-14-7-8(6-13-14)15(16)17/h6-7H,2-5H2,1H3,(H3,10,11,12). The smallest absolute Gasteiger partial charge is 0.306 e. The number of nitro groups is 1. The molecule has 9 nitrogen and oxygen atoms in total. The second kappa shape index (κ2) is 7.22. The van der Waals surface area contributed by atoms with Crippen LogP contribution >= 0.6 is 0 Å². The van der Waals surface area contributed by atoms with Crippen LogP contribution in [0.15, 0.2) is 17.4 Å². The van der Waals surface area contributed by atoms with Gasteiger partial charge < -0.3 is 15.8 Å². The highest BCUT2D eigenvalue weighted by Gasteiger charge is 2.07. The fourth-order valence-electron chi connectivity index (χ4n) is 1.18. The van der Waals surface area contributed by atoms with Crippen LogP contribution in [0, 0.1) is 10.1 Å². The van der Waals surface area contributed by atoms with Crippen LogP contribution in [0.2, 0.25) is 0 Å². The van der Waals surface area contributed by atoms with Gasteiger partial charge in [-0.25, -0.2) is 0 Å². The van der Waals surface area contributed by atoms with Crippen LogP contribution in [-0.4, -0.2) is 47.5 Å². The first kappa shape index (κ1) is 13.9. The van der Waals surface area contributed by atoms with Gasteiger partial charge in [-0.2, -0.15) is 5.10 Å². The molecule has 1 aromatic heterocycles. The number of aliphatic imine (C=N–C) groups is 1. The predicted octanol–water partition coefficient (Wildman–Crippen LogP) is -0.658. The van der Waals surface area contributed by atoms with Gasteiger partial charge in [0.25, 0.3) is 0 Å². The lowest BCUT2D eigenvalue weighted by Crippen LogP contribution is -2.34. The number of aromatic nitrogens is 2. The number of nitrogens with zero attached hydrogens (tertiary/aromatic N) is 4. The third-order valence-corrected chi connectivity index (χ3v) is 2.06. The molecule has 9 heteroatoms. The Morgan fingerprint density at radius 1 is 1.78 bits per heavy atom. The number of methoxy groups -OCH3 is 1. The van der Waals surface area contributed by atoms with E-state index in [0.29, 0.717) is 32.2 Å². The minimum atomic E-state index is -0.489. The summed E-state index contributed by atoms with van der Waals surface area (Å²) in [5.41, 5.74) is 5.55. The molecule has 0 atom stereocenters. The first-order valence-electron chi connectivity index (χ1n) is 5.33. The number of guanidine groups is 1. The molecular weight excluding hydrogens is 240 g/mol. The Kier molecular flexibility index (Phi) is 5.58. The van der Waals surface area contributed by atoms with E-state index in [-0.39, 0.29) is 5.69 Å². The van der Waals surface area contributed by atoms with E-state index in [1.54, 1.807) is 7.11 Å². The van der Waals surface area contributed by atoms with Gasteiger partial charge in [0.15, 0.2) is 5.96 Å². The molecular formula is C9H16N6O3. The molecule has 1 heterocycles. The summed E-state index contributed by atoms with van der Waals surface area (Å²) >= 11 is 0. The summed E-state index contributed by atoms with van der Waals surface area (Å²) in [4.78, 5) is 13.9. The van der Waals surface area contributed by atoms with Crippen molar-refractivity contribution in [3.63, 3.8) is 0 Å². The first-order chi connectivity index (χ1) is 8.63. The molecule has 0 bridgehead atoms. The summed E-state index contributed by atoms with van der Waals surface area (Å²) < 4.78 is 6.29. The summed E-state index contributed by atoms with van der Waals surface area (Å²) in [6.45, 7) is 1.95. The number of nitrogens with two attached hydrogens (primary N) is 1. The van der Waals surface area contributed by atoms with Gasteiger partial charge >= 0.3 is 5.69 Å². The molecule has 0 unspecified atom stereocenters. The Labute approximate surface area is 104 Å². The van der Waals surface area contributed by atoms with Gasteiger partial charge in [0.2, 0.25) is 0 Å². The van der Waals surface area contributed by atoms with Crippen molar-refractivity contribution in [3.8, 4) is 0 Å². The van der Waals surface area contributed by atoms with Crippen molar-refractivity contribution in [1.82, 2.24) is 15.1 Å². The average Bonchev–Trinajstić information content (AvgIpc) is 2.78. The van der Waals surface area contributed by atoms with E-state index in [1.165, 1.54) is 17.1 Å². The van der Waals surface area contributed by atoms with Crippen LogP contribution in [0.4, 0.5) is 5.69 Å². The number of nitrogens with one attached hydrogen (secondary N) is 1. The summed E-state index contributed by atoms with van der Waals surface area (Å²) in [7, 11) is 1.59. The molecule has 0 aliphatic heterocycles. The molecule has 0 radical (unpaired) electrons. The van der Waals surface area contributed by atoms with Gasteiger partial charge in [0.1, 0.15) is 12.4 Å². The fraction of sp³-hybridized carbons (Fsp3) is 0.556. The van der Waals surface area contributed by atoms with Gasteiger partial charge in [-0.15, -0.1) is 0 Å². The van der Waals surface area contributed by atoms with Crippen LogP contribution in [0.1, 0.15) is 0 Å². The Bertz CT molecular complexity index is 416. The van der Waals surface area contributed by atoms with Gasteiger partial charge in [0.05, 0.1) is 24.6 Å². The van der Waals surface area contributed by atoms with E-state index in [1.807, 2.05) is 0 Å². The molecule has 0 aliphatic rings. The molecule has 0 saturated carbocycles. The minimum absolute atomic E-state index is 0.0308. The van der Waals surface area contributed by atoms with Crippen LogP contribution in [0.3, 0.4) is 0 Å². The molecule has 18 heavy (non-hydrogen) atoms. The monoisotopic (exact) mass is 256 g/mol. The lowest BCUT2D eigenvalue weighted by atomic mass is 10.6. The first-order valence-corrected chi connectivity index (χ1v) is 5.33. The Balaban J connectivity index is 2.28. The van der Waals surface area contributed by atoms with E-state index >= 15 is 0 Å². The van der Waals surface area contributed by atoms with Crippen molar-refractivity contribution >= 4 is 11.6 Å². The fourth-order valence-corrected chi connectivity index (χ4v) is 1.18. The van der Waals surface area contributed by atoms with E-state index in [9.17, 15) is 10.1 Å². The van der Waals surface area contributed by atoms with Crippen LogP contribution in [-0.2, 0) is 11.3 Å². The van der Waals surface area contributed by atoms with E-state index in [2.05, 4.69) is 15.4 Å². The predicted molar refractivity (Wildman–Crippen MR) is 65.2 cm³/mol. The van der Waals surface area contributed by atoms with Gasteiger partial charge in [0, 0.05) is 13.7 Å². The molecule has 1 aromatic rings. The Morgan fingerprint density at radius 2 is 2.56 bits per heavy atom. The van der Waals surface area contributed by atoms with Crippen molar-refractivity contribution in [2.45, 2.75) is 6.54 Å². The molecule has 0 aliphatic carbocycles. The summed E-state index contributed by atoms with van der Waals surface area (Å²) in [5, 5.41) is 17.1. The Morgan fingerprint density at radius 3 is 3.17 bits per heavy atom. The van der Waals surface area contributed by atoms with Crippen molar-refractivity contribution in [1.29, 1.82) is 0 Å². The third kappa shape index (κ3) is 4.78. The SMILES string of the molecule is COCCN=C(N)NCCn1cc([N+](=O)[O-])cn1. The summed E-state index contributed by atoms with van der Waals surface area (Å²) in [6, 6.07) is 0. The molecule has 0 saturated heterocycles. The van der Waals surface area contributed by atoms with Crippen molar-refractivity contribution in [2.24, 2.45) is 10.7 Å². The molecule has 0 aromatic carbocycles. The van der Waals surface area contributed by atoms with Gasteiger partial charge in [-0.05, 0) is 0 Å². The Hall–Kier alpha value is -2.16. The maximum atomic E-state index is 10.4. The highest BCUT2D eigenvalue weighted by atomic mass is 16.6. The van der Waals surface area contributed by atoms with E-state index in [0.717, 1.165) is 0 Å². The van der Waals surface area contributed by atoms with Gasteiger partial charge in [-0.1, -0.05) is 0 Å². The van der Waals surface area contributed by atoms with Crippen LogP contribution in [0.25, 0.3) is 0 Å². The highest BCUT2D eigenvalue weighted by Crippen LogP contribution is 2.06. The summed E-state index contributed by atoms with van der Waals surface area (Å²) in [5.74, 6) is 0.314. The number of rotatable bonds is 7. The van der Waals surface area contributed by atoms with Crippen LogP contribution in [0.5, 0.6) is 0 Å². The minimum Gasteiger partial charge on any atom is -0.383 e. The van der Waals surface area contributed by atoms with Crippen molar-refractivity contribution in [2.75, 3.05) is 26.8 Å². The molecule has 100 valence electrons. The van der Waals surface area contributed by atoms with Crippen LogP contribution < -0.4 is 11.1 Å². The summed E-state index contributed by atoms with van der Waals surface area (Å²) in [6.07, 6.45) is 2.57.